The zero-order valence-corrected chi connectivity index (χ0v) is 11.4. The van der Waals surface area contributed by atoms with E-state index in [1.54, 1.807) is 18.9 Å². The Kier molecular flexibility index (Phi) is 4.85. The Hall–Kier alpha value is -0.720. The molecule has 2 N–H and O–H groups in total. The van der Waals surface area contributed by atoms with Crippen LogP contribution in [-0.4, -0.2) is 54.8 Å². The molecule has 0 aromatic carbocycles. The summed E-state index contributed by atoms with van der Waals surface area (Å²) < 4.78 is 10.4. The zero-order chi connectivity index (χ0) is 13.1. The van der Waals surface area contributed by atoms with E-state index in [9.17, 15) is 4.79 Å². The molecule has 1 aliphatic rings. The van der Waals surface area contributed by atoms with E-state index in [1.807, 2.05) is 0 Å². The third-order valence-electron chi connectivity index (χ3n) is 3.42. The molecule has 0 saturated carbocycles. The van der Waals surface area contributed by atoms with Crippen molar-refractivity contribution < 1.29 is 14.3 Å². The molecule has 0 aromatic rings. The van der Waals surface area contributed by atoms with Gasteiger partial charge in [-0.2, -0.15) is 0 Å². The van der Waals surface area contributed by atoms with Crippen LogP contribution in [-0.2, 0) is 14.3 Å². The van der Waals surface area contributed by atoms with Crippen LogP contribution in [0.2, 0.25) is 0 Å². The van der Waals surface area contributed by atoms with E-state index in [2.05, 4.69) is 0 Å². The summed E-state index contributed by atoms with van der Waals surface area (Å²) in [6, 6.07) is 0. The van der Waals surface area contributed by atoms with Crippen molar-refractivity contribution in [3.05, 3.63) is 0 Å². The van der Waals surface area contributed by atoms with Gasteiger partial charge in [0.2, 0.25) is 0 Å². The highest BCUT2D eigenvalue weighted by Gasteiger charge is 2.39. The molecule has 6 heteroatoms. The normalized spacial score (nSPS) is 21.0. The molecular weight excluding hydrogens is 240 g/mol. The largest absolute Gasteiger partial charge is 0.391 e. The Morgan fingerprint density at radius 1 is 1.41 bits per heavy atom. The zero-order valence-electron chi connectivity index (χ0n) is 10.6. The van der Waals surface area contributed by atoms with Crippen LogP contribution in [0.1, 0.15) is 19.8 Å². The van der Waals surface area contributed by atoms with E-state index >= 15 is 0 Å². The molecule has 1 amide bonds. The first-order chi connectivity index (χ1) is 7.96. The number of hydrogen-bond donors (Lipinski definition) is 1. The van der Waals surface area contributed by atoms with E-state index in [0.29, 0.717) is 30.9 Å². The maximum absolute atomic E-state index is 11.9. The second-order valence-electron chi connectivity index (χ2n) is 4.27. The number of amides is 1. The molecule has 17 heavy (non-hydrogen) atoms. The number of methoxy groups -OCH3 is 2. The van der Waals surface area contributed by atoms with Gasteiger partial charge in [-0.05, 0) is 6.92 Å². The molecule has 1 fully saturated rings. The minimum absolute atomic E-state index is 0.000132. The van der Waals surface area contributed by atoms with Gasteiger partial charge < -0.3 is 20.1 Å². The Morgan fingerprint density at radius 2 is 1.94 bits per heavy atom. The van der Waals surface area contributed by atoms with Crippen LogP contribution in [0.3, 0.4) is 0 Å². The van der Waals surface area contributed by atoms with Gasteiger partial charge in [-0.3, -0.25) is 4.79 Å². The Balaban J connectivity index is 2.61. The van der Waals surface area contributed by atoms with Crippen molar-refractivity contribution >= 4 is 23.1 Å². The van der Waals surface area contributed by atoms with Crippen molar-refractivity contribution in [2.24, 2.45) is 5.73 Å². The van der Waals surface area contributed by atoms with Crippen LogP contribution in [0.4, 0.5) is 0 Å². The lowest BCUT2D eigenvalue weighted by Crippen LogP contribution is -2.55. The summed E-state index contributed by atoms with van der Waals surface area (Å²) in [5.41, 5.74) is 5.15. The molecule has 0 aliphatic carbocycles. The number of piperidine rings is 1. The maximum atomic E-state index is 11.9. The number of carbonyl (C=O) groups excluding carboxylic acids is 1. The van der Waals surface area contributed by atoms with Gasteiger partial charge in [0.05, 0.1) is 0 Å². The smallest absolute Gasteiger partial charge is 0.251 e. The van der Waals surface area contributed by atoms with Crippen LogP contribution in [0.5, 0.6) is 0 Å². The highest BCUT2D eigenvalue weighted by molar-refractivity contribution is 7.80. The number of thiocarbonyl (C=S) groups is 1. The van der Waals surface area contributed by atoms with Crippen LogP contribution in [0, 0.1) is 0 Å². The topological polar surface area (TPSA) is 64.8 Å². The predicted octanol–water partition coefficient (Wildman–Crippen LogP) is 0.315. The fourth-order valence-corrected chi connectivity index (χ4v) is 2.28. The van der Waals surface area contributed by atoms with Gasteiger partial charge >= 0.3 is 0 Å². The summed E-state index contributed by atoms with van der Waals surface area (Å²) >= 11 is 5.03. The van der Waals surface area contributed by atoms with Gasteiger partial charge in [0.25, 0.3) is 5.91 Å². The van der Waals surface area contributed by atoms with E-state index in [-0.39, 0.29) is 5.91 Å². The standard InChI is InChI=1S/C11H20N2O3S/c1-8(15-2)9(14)13-6-4-11(16-3,5-7-13)10(12)17/h8H,4-7H2,1-3H3,(H2,12,17). The molecule has 98 valence electrons. The fraction of sp³-hybridized carbons (Fsp3) is 0.818. The number of rotatable bonds is 4. The number of nitrogens with two attached hydrogens (primary N) is 1. The van der Waals surface area contributed by atoms with Crippen molar-refractivity contribution in [3.8, 4) is 0 Å². The summed E-state index contributed by atoms with van der Waals surface area (Å²) in [4.78, 5) is 14.0. The van der Waals surface area contributed by atoms with Crippen LogP contribution in [0.25, 0.3) is 0 Å². The van der Waals surface area contributed by atoms with Crippen molar-refractivity contribution in [1.82, 2.24) is 4.90 Å². The van der Waals surface area contributed by atoms with Gasteiger partial charge in [0, 0.05) is 40.2 Å². The molecule has 1 rings (SSSR count). The molecule has 1 heterocycles. The SMILES string of the molecule is COC(C)C(=O)N1CCC(OC)(C(N)=S)CC1. The molecule has 1 atom stereocenters. The number of likely N-dealkylation sites (tertiary alicyclic amines) is 1. The lowest BCUT2D eigenvalue weighted by Gasteiger charge is -2.40. The Bertz CT molecular complexity index is 301. The number of hydrogen-bond acceptors (Lipinski definition) is 4. The quantitative estimate of drug-likeness (QED) is 0.737. The van der Waals surface area contributed by atoms with Crippen LogP contribution < -0.4 is 5.73 Å². The molecule has 0 spiro atoms. The number of ether oxygens (including phenoxy) is 2. The average molecular weight is 260 g/mol. The maximum Gasteiger partial charge on any atom is 0.251 e. The molecule has 1 saturated heterocycles. The van der Waals surface area contributed by atoms with Gasteiger partial charge in [-0.15, -0.1) is 0 Å². The van der Waals surface area contributed by atoms with E-state index in [4.69, 9.17) is 27.4 Å². The lowest BCUT2D eigenvalue weighted by atomic mass is 9.91. The highest BCUT2D eigenvalue weighted by Crippen LogP contribution is 2.26. The summed E-state index contributed by atoms with van der Waals surface area (Å²) in [6.07, 6.45) is 0.872. The summed E-state index contributed by atoms with van der Waals surface area (Å²) in [7, 11) is 3.13. The van der Waals surface area contributed by atoms with Crippen molar-refractivity contribution in [3.63, 3.8) is 0 Å². The molecule has 1 unspecified atom stereocenters. The predicted molar refractivity (Wildman–Crippen MR) is 68.8 cm³/mol. The second-order valence-corrected chi connectivity index (χ2v) is 4.71. The van der Waals surface area contributed by atoms with Crippen molar-refractivity contribution in [2.45, 2.75) is 31.5 Å². The molecule has 0 bridgehead atoms. The van der Waals surface area contributed by atoms with Crippen molar-refractivity contribution in [1.29, 1.82) is 0 Å². The highest BCUT2D eigenvalue weighted by atomic mass is 32.1. The van der Waals surface area contributed by atoms with Crippen molar-refractivity contribution in [2.75, 3.05) is 27.3 Å². The monoisotopic (exact) mass is 260 g/mol. The third-order valence-corrected chi connectivity index (χ3v) is 3.80. The first-order valence-corrected chi connectivity index (χ1v) is 6.04. The minimum atomic E-state index is -0.553. The molecule has 5 nitrogen and oxygen atoms in total. The molecule has 0 aromatic heterocycles. The molecule has 1 aliphatic heterocycles. The first kappa shape index (κ1) is 14.3. The minimum Gasteiger partial charge on any atom is -0.391 e. The second kappa shape index (κ2) is 5.75. The van der Waals surface area contributed by atoms with E-state index in [1.165, 1.54) is 7.11 Å². The van der Waals surface area contributed by atoms with Gasteiger partial charge in [0.15, 0.2) is 0 Å². The van der Waals surface area contributed by atoms with Crippen LogP contribution in [0.15, 0.2) is 0 Å². The Morgan fingerprint density at radius 3 is 2.29 bits per heavy atom. The number of nitrogens with zero attached hydrogens (tertiary/aromatic N) is 1. The first-order valence-electron chi connectivity index (χ1n) is 5.63. The molecule has 0 radical (unpaired) electrons. The van der Waals surface area contributed by atoms with E-state index < -0.39 is 11.7 Å². The van der Waals surface area contributed by atoms with Crippen LogP contribution >= 0.6 is 12.2 Å². The lowest BCUT2D eigenvalue weighted by molar-refractivity contribution is -0.144. The fourth-order valence-electron chi connectivity index (χ4n) is 2.00. The van der Waals surface area contributed by atoms with Gasteiger partial charge in [-0.25, -0.2) is 0 Å². The Labute approximate surface area is 107 Å². The average Bonchev–Trinajstić information content (AvgIpc) is 2.36. The number of carbonyl (C=O) groups is 1. The van der Waals surface area contributed by atoms with Gasteiger partial charge in [-0.1, -0.05) is 12.2 Å². The molecular formula is C11H20N2O3S. The third kappa shape index (κ3) is 2.94. The van der Waals surface area contributed by atoms with E-state index in [0.717, 1.165) is 0 Å². The summed E-state index contributed by atoms with van der Waals surface area (Å²) in [5, 5.41) is 0. The summed E-state index contributed by atoms with van der Waals surface area (Å²) in [5.74, 6) is 0.000132. The summed E-state index contributed by atoms with van der Waals surface area (Å²) in [6.45, 7) is 2.93. The van der Waals surface area contributed by atoms with Gasteiger partial charge in [0.1, 0.15) is 16.7 Å².